The van der Waals surface area contributed by atoms with Gasteiger partial charge in [0.2, 0.25) is 0 Å². The number of unbranched alkanes of at least 4 members (excludes halogenated alkanes) is 1. The van der Waals surface area contributed by atoms with E-state index in [1.54, 1.807) is 19.2 Å². The maximum Gasteiger partial charge on any atom is 0.471 e. The Balaban J connectivity index is 4.64. The van der Waals surface area contributed by atoms with E-state index in [0.717, 1.165) is 6.42 Å². The Morgan fingerprint density at radius 2 is 1.84 bits per heavy atom. The predicted molar refractivity (Wildman–Crippen MR) is 63.3 cm³/mol. The molecule has 0 rings (SSSR count). The first-order chi connectivity index (χ1) is 8.73. The summed E-state index contributed by atoms with van der Waals surface area (Å²) >= 11 is 0. The molecule has 0 aliphatic rings. The van der Waals surface area contributed by atoms with E-state index in [0.29, 0.717) is 12.8 Å². The van der Waals surface area contributed by atoms with E-state index in [1.807, 2.05) is 6.92 Å². The van der Waals surface area contributed by atoms with Crippen LogP contribution in [0.1, 0.15) is 40.0 Å². The van der Waals surface area contributed by atoms with Gasteiger partial charge in [0.05, 0.1) is 6.61 Å². The average Bonchev–Trinajstić information content (AvgIpc) is 2.33. The second kappa shape index (κ2) is 8.01. The standard InChI is InChI=1S/C12H20F3NO3/c1-4-6-7-19-10(17)9(8(3)5-2)16-11(18)12(13,14)15/h8-9H,4-7H2,1-3H3,(H,16,18). The lowest BCUT2D eigenvalue weighted by atomic mass is 9.99. The Morgan fingerprint density at radius 1 is 1.26 bits per heavy atom. The van der Waals surface area contributed by atoms with Crippen molar-refractivity contribution in [3.05, 3.63) is 0 Å². The molecule has 4 nitrogen and oxygen atoms in total. The molecule has 0 radical (unpaired) electrons. The van der Waals surface area contributed by atoms with E-state index >= 15 is 0 Å². The number of amides is 1. The number of hydrogen-bond donors (Lipinski definition) is 1. The van der Waals surface area contributed by atoms with Gasteiger partial charge in [-0.2, -0.15) is 13.2 Å². The fourth-order valence-corrected chi connectivity index (χ4v) is 1.30. The summed E-state index contributed by atoms with van der Waals surface area (Å²) in [4.78, 5) is 22.6. The van der Waals surface area contributed by atoms with Gasteiger partial charge in [0.1, 0.15) is 6.04 Å². The van der Waals surface area contributed by atoms with E-state index in [9.17, 15) is 22.8 Å². The number of rotatable bonds is 7. The van der Waals surface area contributed by atoms with E-state index in [-0.39, 0.29) is 6.61 Å². The van der Waals surface area contributed by atoms with Gasteiger partial charge in [0.25, 0.3) is 0 Å². The van der Waals surface area contributed by atoms with Crippen LogP contribution < -0.4 is 5.32 Å². The highest BCUT2D eigenvalue weighted by Crippen LogP contribution is 2.17. The molecular weight excluding hydrogens is 263 g/mol. The van der Waals surface area contributed by atoms with Crippen LogP contribution in [0.25, 0.3) is 0 Å². The SMILES string of the molecule is CCCCOC(=O)C(NC(=O)C(F)(F)F)C(C)CC. The van der Waals surface area contributed by atoms with Crippen LogP contribution in [0.3, 0.4) is 0 Å². The summed E-state index contributed by atoms with van der Waals surface area (Å²) in [6.45, 7) is 5.34. The van der Waals surface area contributed by atoms with Crippen molar-refractivity contribution < 1.29 is 27.5 Å². The molecule has 0 aliphatic carbocycles. The molecule has 0 bridgehead atoms. The summed E-state index contributed by atoms with van der Waals surface area (Å²) in [5.74, 6) is -3.37. The normalized spacial score (nSPS) is 14.6. The fraction of sp³-hybridized carbons (Fsp3) is 0.833. The summed E-state index contributed by atoms with van der Waals surface area (Å²) in [7, 11) is 0. The first kappa shape index (κ1) is 17.7. The molecule has 1 N–H and O–H groups in total. The summed E-state index contributed by atoms with van der Waals surface area (Å²) in [5.41, 5.74) is 0. The van der Waals surface area contributed by atoms with Gasteiger partial charge in [-0.1, -0.05) is 33.6 Å². The third kappa shape index (κ3) is 6.45. The molecule has 7 heteroatoms. The number of alkyl halides is 3. The van der Waals surface area contributed by atoms with Crippen molar-refractivity contribution in [1.82, 2.24) is 5.32 Å². The molecule has 0 aromatic carbocycles. The Labute approximate surface area is 110 Å². The molecule has 0 saturated heterocycles. The molecule has 0 aromatic heterocycles. The minimum absolute atomic E-state index is 0.143. The van der Waals surface area contributed by atoms with Crippen molar-refractivity contribution in [2.45, 2.75) is 52.3 Å². The van der Waals surface area contributed by atoms with Crippen LogP contribution in [0.5, 0.6) is 0 Å². The molecule has 0 aliphatic heterocycles. The topological polar surface area (TPSA) is 55.4 Å². The number of esters is 1. The molecule has 1 amide bonds. The minimum Gasteiger partial charge on any atom is -0.464 e. The maximum atomic E-state index is 12.2. The van der Waals surface area contributed by atoms with Crippen LogP contribution in [0.15, 0.2) is 0 Å². The third-order valence-corrected chi connectivity index (χ3v) is 2.75. The fourth-order valence-electron chi connectivity index (χ4n) is 1.30. The quantitative estimate of drug-likeness (QED) is 0.576. The minimum atomic E-state index is -5.00. The smallest absolute Gasteiger partial charge is 0.464 e. The van der Waals surface area contributed by atoms with Crippen LogP contribution in [0.2, 0.25) is 0 Å². The third-order valence-electron chi connectivity index (χ3n) is 2.75. The van der Waals surface area contributed by atoms with Crippen molar-refractivity contribution >= 4 is 11.9 Å². The molecule has 0 spiro atoms. The van der Waals surface area contributed by atoms with Crippen LogP contribution in [-0.4, -0.2) is 30.7 Å². The summed E-state index contributed by atoms with van der Waals surface area (Å²) in [5, 5.41) is 1.70. The van der Waals surface area contributed by atoms with Crippen LogP contribution in [0.4, 0.5) is 13.2 Å². The number of hydrogen-bond acceptors (Lipinski definition) is 3. The Bertz CT molecular complexity index is 305. The summed E-state index contributed by atoms with van der Waals surface area (Å²) in [6.07, 6.45) is -3.12. The lowest BCUT2D eigenvalue weighted by molar-refractivity contribution is -0.176. The number of carbonyl (C=O) groups excluding carboxylic acids is 2. The Hall–Kier alpha value is -1.27. The van der Waals surface area contributed by atoms with Crippen LogP contribution in [-0.2, 0) is 14.3 Å². The molecular formula is C12H20F3NO3. The maximum absolute atomic E-state index is 12.2. The lowest BCUT2D eigenvalue weighted by Crippen LogP contribution is -2.50. The van der Waals surface area contributed by atoms with Crippen LogP contribution in [0, 0.1) is 5.92 Å². The Morgan fingerprint density at radius 3 is 2.26 bits per heavy atom. The molecule has 0 aromatic rings. The zero-order valence-electron chi connectivity index (χ0n) is 11.3. The monoisotopic (exact) mass is 283 g/mol. The second-order valence-electron chi connectivity index (χ2n) is 4.36. The van der Waals surface area contributed by atoms with Crippen molar-refractivity contribution in [2.24, 2.45) is 5.92 Å². The van der Waals surface area contributed by atoms with Gasteiger partial charge < -0.3 is 10.1 Å². The highest BCUT2D eigenvalue weighted by molar-refractivity contribution is 5.87. The summed E-state index contributed by atoms with van der Waals surface area (Å²) in [6, 6.07) is -1.27. The molecule has 2 unspecified atom stereocenters. The van der Waals surface area contributed by atoms with E-state index < -0.39 is 30.0 Å². The molecule has 112 valence electrons. The number of carbonyl (C=O) groups is 2. The predicted octanol–water partition coefficient (Wildman–Crippen LogP) is 2.42. The van der Waals surface area contributed by atoms with Gasteiger partial charge in [-0.25, -0.2) is 4.79 Å². The lowest BCUT2D eigenvalue weighted by Gasteiger charge is -2.23. The van der Waals surface area contributed by atoms with E-state index in [4.69, 9.17) is 4.74 Å². The molecule has 19 heavy (non-hydrogen) atoms. The zero-order chi connectivity index (χ0) is 15.1. The highest BCUT2D eigenvalue weighted by Gasteiger charge is 2.42. The van der Waals surface area contributed by atoms with Gasteiger partial charge in [-0.3, -0.25) is 4.79 Å². The summed E-state index contributed by atoms with van der Waals surface area (Å²) < 4.78 is 41.4. The number of halogens is 3. The number of ether oxygens (including phenoxy) is 1. The van der Waals surface area contributed by atoms with Crippen molar-refractivity contribution in [3.8, 4) is 0 Å². The second-order valence-corrected chi connectivity index (χ2v) is 4.36. The molecule has 0 saturated carbocycles. The van der Waals surface area contributed by atoms with Gasteiger partial charge in [0, 0.05) is 0 Å². The van der Waals surface area contributed by atoms with E-state index in [1.165, 1.54) is 0 Å². The molecule has 0 heterocycles. The molecule has 2 atom stereocenters. The molecule has 0 fully saturated rings. The van der Waals surface area contributed by atoms with Gasteiger partial charge >= 0.3 is 18.1 Å². The van der Waals surface area contributed by atoms with Crippen molar-refractivity contribution in [1.29, 1.82) is 0 Å². The van der Waals surface area contributed by atoms with Crippen molar-refractivity contribution in [2.75, 3.05) is 6.61 Å². The Kier molecular flexibility index (Phi) is 7.48. The van der Waals surface area contributed by atoms with Gasteiger partial charge in [-0.15, -0.1) is 0 Å². The van der Waals surface area contributed by atoms with Gasteiger partial charge in [-0.05, 0) is 12.3 Å². The largest absolute Gasteiger partial charge is 0.471 e. The van der Waals surface area contributed by atoms with Gasteiger partial charge in [0.15, 0.2) is 0 Å². The number of nitrogens with one attached hydrogen (secondary N) is 1. The first-order valence-corrected chi connectivity index (χ1v) is 6.28. The van der Waals surface area contributed by atoms with Crippen molar-refractivity contribution in [3.63, 3.8) is 0 Å². The highest BCUT2D eigenvalue weighted by atomic mass is 19.4. The van der Waals surface area contributed by atoms with E-state index in [2.05, 4.69) is 0 Å². The first-order valence-electron chi connectivity index (χ1n) is 6.28. The zero-order valence-corrected chi connectivity index (χ0v) is 11.3. The van der Waals surface area contributed by atoms with Crippen LogP contribution >= 0.6 is 0 Å². The average molecular weight is 283 g/mol.